The Balaban J connectivity index is 1.72. The van der Waals surface area contributed by atoms with E-state index >= 15 is 0 Å². The highest BCUT2D eigenvalue weighted by Crippen LogP contribution is 2.25. The lowest BCUT2D eigenvalue weighted by Crippen LogP contribution is -2.38. The molecule has 0 aromatic heterocycles. The summed E-state index contributed by atoms with van der Waals surface area (Å²) in [6.45, 7) is 12.8. The lowest BCUT2D eigenvalue weighted by atomic mass is 10.00. The molecule has 1 amide bonds. The molecule has 5 heteroatoms. The van der Waals surface area contributed by atoms with Gasteiger partial charge in [0.2, 0.25) is 0 Å². The maximum Gasteiger partial charge on any atom is 0.251 e. The molecule has 0 aliphatic carbocycles. The van der Waals surface area contributed by atoms with Crippen LogP contribution >= 0.6 is 0 Å². The third-order valence-electron chi connectivity index (χ3n) is 5.52. The standard InChI is InChI=1S/C25H35N3O2/c1-5-27-16-23(17-28(27)6-2)26-25(29)22-13-12-21(14-19(3)4)24(15-22)30-18-20-10-8-7-9-11-20/h7-13,15,19,23H,5-6,14,16-18H2,1-4H3,(H,26,29). The summed E-state index contributed by atoms with van der Waals surface area (Å²) in [5.74, 6) is 1.29. The van der Waals surface area contributed by atoms with E-state index in [0.717, 1.165) is 49.5 Å². The average molecular weight is 410 g/mol. The normalized spacial score (nSPS) is 15.6. The van der Waals surface area contributed by atoms with E-state index in [1.54, 1.807) is 0 Å². The first-order valence-electron chi connectivity index (χ1n) is 11.1. The molecule has 2 aromatic rings. The van der Waals surface area contributed by atoms with Crippen LogP contribution in [0.5, 0.6) is 5.75 Å². The van der Waals surface area contributed by atoms with Crippen LogP contribution in [0.3, 0.4) is 0 Å². The number of carbonyl (C=O) groups is 1. The van der Waals surface area contributed by atoms with E-state index in [9.17, 15) is 4.79 Å². The maximum absolute atomic E-state index is 12.9. The summed E-state index contributed by atoms with van der Waals surface area (Å²) in [6.07, 6.45) is 0.922. The molecule has 0 radical (unpaired) electrons. The quantitative estimate of drug-likeness (QED) is 0.676. The SMILES string of the molecule is CCN1CC(NC(=O)c2ccc(CC(C)C)c(OCc3ccccc3)c2)CN1CC. The van der Waals surface area contributed by atoms with Crippen LogP contribution < -0.4 is 10.1 Å². The first-order chi connectivity index (χ1) is 14.5. The van der Waals surface area contributed by atoms with Crippen molar-refractivity contribution in [1.29, 1.82) is 0 Å². The first kappa shape index (κ1) is 22.3. The van der Waals surface area contributed by atoms with Gasteiger partial charge in [-0.05, 0) is 35.6 Å². The third-order valence-corrected chi connectivity index (χ3v) is 5.52. The monoisotopic (exact) mass is 409 g/mol. The molecule has 30 heavy (non-hydrogen) atoms. The second-order valence-electron chi connectivity index (χ2n) is 8.38. The van der Waals surface area contributed by atoms with Gasteiger partial charge >= 0.3 is 0 Å². The fraction of sp³-hybridized carbons (Fsp3) is 0.480. The van der Waals surface area contributed by atoms with Crippen LogP contribution in [0, 0.1) is 5.92 Å². The Labute approximate surface area is 181 Å². The first-order valence-corrected chi connectivity index (χ1v) is 11.1. The number of nitrogens with zero attached hydrogens (tertiary/aromatic N) is 2. The van der Waals surface area contributed by atoms with Gasteiger partial charge in [0.1, 0.15) is 12.4 Å². The van der Waals surface area contributed by atoms with E-state index in [-0.39, 0.29) is 11.9 Å². The van der Waals surface area contributed by atoms with Crippen molar-refractivity contribution >= 4 is 5.91 Å². The lowest BCUT2D eigenvalue weighted by Gasteiger charge is -2.24. The summed E-state index contributed by atoms with van der Waals surface area (Å²) in [6, 6.07) is 16.1. The van der Waals surface area contributed by atoms with Gasteiger partial charge in [0.05, 0.1) is 6.04 Å². The summed E-state index contributed by atoms with van der Waals surface area (Å²) >= 11 is 0. The van der Waals surface area contributed by atoms with Crippen LogP contribution in [0.4, 0.5) is 0 Å². The molecule has 0 spiro atoms. The molecule has 0 bridgehead atoms. The van der Waals surface area contributed by atoms with Gasteiger partial charge in [-0.1, -0.05) is 64.1 Å². The Morgan fingerprint density at radius 1 is 1.07 bits per heavy atom. The van der Waals surface area contributed by atoms with Crippen molar-refractivity contribution in [2.45, 2.75) is 46.8 Å². The van der Waals surface area contributed by atoms with Crippen LogP contribution in [0.25, 0.3) is 0 Å². The number of amides is 1. The van der Waals surface area contributed by atoms with Crippen molar-refractivity contribution in [2.24, 2.45) is 5.92 Å². The van der Waals surface area contributed by atoms with Gasteiger partial charge < -0.3 is 10.1 Å². The zero-order chi connectivity index (χ0) is 21.5. The molecule has 0 saturated carbocycles. The van der Waals surface area contributed by atoms with Gasteiger partial charge in [0.25, 0.3) is 5.91 Å². The van der Waals surface area contributed by atoms with Crippen LogP contribution in [0.15, 0.2) is 48.5 Å². The number of likely N-dealkylation sites (N-methyl/N-ethyl adjacent to an activating group) is 2. The number of hydrogen-bond acceptors (Lipinski definition) is 4. The summed E-state index contributed by atoms with van der Waals surface area (Å²) in [7, 11) is 0. The Hall–Kier alpha value is -2.37. The van der Waals surface area contributed by atoms with Crippen molar-refractivity contribution in [3.05, 3.63) is 65.2 Å². The lowest BCUT2D eigenvalue weighted by molar-refractivity contribution is 0.0388. The third kappa shape index (κ3) is 5.83. The minimum atomic E-state index is -0.0327. The zero-order valence-corrected chi connectivity index (χ0v) is 18.7. The maximum atomic E-state index is 12.9. The smallest absolute Gasteiger partial charge is 0.251 e. The molecular weight excluding hydrogens is 374 g/mol. The van der Waals surface area contributed by atoms with E-state index in [0.29, 0.717) is 18.1 Å². The number of hydrogen-bond donors (Lipinski definition) is 1. The molecule has 0 atom stereocenters. The summed E-state index contributed by atoms with van der Waals surface area (Å²) in [4.78, 5) is 12.9. The minimum absolute atomic E-state index is 0.0327. The summed E-state index contributed by atoms with van der Waals surface area (Å²) in [5, 5.41) is 7.80. The summed E-state index contributed by atoms with van der Waals surface area (Å²) in [5.41, 5.74) is 2.92. The molecule has 162 valence electrons. The van der Waals surface area contributed by atoms with E-state index in [1.807, 2.05) is 36.4 Å². The van der Waals surface area contributed by atoms with Crippen LogP contribution in [-0.2, 0) is 13.0 Å². The fourth-order valence-corrected chi connectivity index (χ4v) is 3.99. The largest absolute Gasteiger partial charge is 0.489 e. The molecule has 1 N–H and O–H groups in total. The van der Waals surface area contributed by atoms with Crippen molar-refractivity contribution in [2.75, 3.05) is 26.2 Å². The fourth-order valence-electron chi connectivity index (χ4n) is 3.99. The molecule has 1 aliphatic heterocycles. The number of carbonyl (C=O) groups excluding carboxylic acids is 1. The predicted octanol–water partition coefficient (Wildman–Crippen LogP) is 4.13. The highest BCUT2D eigenvalue weighted by Gasteiger charge is 2.29. The van der Waals surface area contributed by atoms with Gasteiger partial charge in [-0.15, -0.1) is 0 Å². The number of ether oxygens (including phenoxy) is 1. The van der Waals surface area contributed by atoms with Crippen molar-refractivity contribution < 1.29 is 9.53 Å². The van der Waals surface area contributed by atoms with Gasteiger partial charge in [-0.2, -0.15) is 0 Å². The highest BCUT2D eigenvalue weighted by molar-refractivity contribution is 5.95. The van der Waals surface area contributed by atoms with E-state index in [2.05, 4.69) is 55.2 Å². The number of rotatable bonds is 9. The minimum Gasteiger partial charge on any atom is -0.489 e. The Bertz CT molecular complexity index is 810. The molecule has 1 heterocycles. The Morgan fingerprint density at radius 3 is 2.33 bits per heavy atom. The van der Waals surface area contributed by atoms with Crippen molar-refractivity contribution in [3.8, 4) is 5.75 Å². The average Bonchev–Trinajstić information content (AvgIpc) is 3.15. The molecule has 1 fully saturated rings. The van der Waals surface area contributed by atoms with Crippen LogP contribution in [-0.4, -0.2) is 48.1 Å². The molecule has 3 rings (SSSR count). The van der Waals surface area contributed by atoms with Crippen LogP contribution in [0.1, 0.15) is 49.2 Å². The highest BCUT2D eigenvalue weighted by atomic mass is 16.5. The Kier molecular flexibility index (Phi) is 7.88. The zero-order valence-electron chi connectivity index (χ0n) is 18.7. The molecule has 1 aliphatic rings. The molecule has 2 aromatic carbocycles. The van der Waals surface area contributed by atoms with E-state index in [1.165, 1.54) is 0 Å². The van der Waals surface area contributed by atoms with Gasteiger partial charge in [0.15, 0.2) is 0 Å². The van der Waals surface area contributed by atoms with Gasteiger partial charge in [0, 0.05) is 31.7 Å². The summed E-state index contributed by atoms with van der Waals surface area (Å²) < 4.78 is 6.16. The van der Waals surface area contributed by atoms with Crippen LogP contribution in [0.2, 0.25) is 0 Å². The molecule has 1 saturated heterocycles. The molecule has 0 unspecified atom stereocenters. The number of hydrazine groups is 1. The van der Waals surface area contributed by atoms with E-state index in [4.69, 9.17) is 4.74 Å². The van der Waals surface area contributed by atoms with E-state index < -0.39 is 0 Å². The topological polar surface area (TPSA) is 44.8 Å². The number of benzene rings is 2. The van der Waals surface area contributed by atoms with Crippen molar-refractivity contribution in [1.82, 2.24) is 15.3 Å². The second kappa shape index (κ2) is 10.6. The van der Waals surface area contributed by atoms with Crippen molar-refractivity contribution in [3.63, 3.8) is 0 Å². The molecule has 5 nitrogen and oxygen atoms in total. The van der Waals surface area contributed by atoms with Gasteiger partial charge in [-0.3, -0.25) is 4.79 Å². The predicted molar refractivity (Wildman–Crippen MR) is 122 cm³/mol. The number of nitrogens with one attached hydrogen (secondary N) is 1. The Morgan fingerprint density at radius 2 is 1.73 bits per heavy atom. The molecular formula is C25H35N3O2. The second-order valence-corrected chi connectivity index (χ2v) is 8.38. The van der Waals surface area contributed by atoms with Gasteiger partial charge in [-0.25, -0.2) is 10.0 Å².